The highest BCUT2D eigenvalue weighted by Gasteiger charge is 2.60. The van der Waals surface area contributed by atoms with Crippen LogP contribution in [-0.4, -0.2) is 13.1 Å². The zero-order valence-corrected chi connectivity index (χ0v) is 26.6. The first-order valence-electron chi connectivity index (χ1n) is 18.2. The Morgan fingerprint density at radius 3 is 2.03 bits per heavy atom. The van der Waals surface area contributed by atoms with Crippen LogP contribution in [0.25, 0.3) is 0 Å². The summed E-state index contributed by atoms with van der Waals surface area (Å²) in [6.45, 7) is 13.0. The lowest BCUT2D eigenvalue weighted by atomic mass is 9.44. The number of unbranched alkanes of at least 4 members (excludes halogenated alkanes) is 10. The molecule has 4 aliphatic rings. The number of rotatable bonds is 17. The molecule has 0 aromatic rings. The third-order valence-electron chi connectivity index (χ3n) is 13.3. The molecule has 4 aliphatic carbocycles. The Bertz CT molecular complexity index is 657. The van der Waals surface area contributed by atoms with Gasteiger partial charge in [-0.1, -0.05) is 105 Å². The second-order valence-corrected chi connectivity index (χ2v) is 15.5. The van der Waals surface area contributed by atoms with Crippen LogP contribution in [0, 0.1) is 46.3 Å². The fourth-order valence-electron chi connectivity index (χ4n) is 11.1. The second-order valence-electron chi connectivity index (χ2n) is 15.5. The minimum atomic E-state index is 0.654. The average Bonchev–Trinajstić information content (AvgIpc) is 3.27. The topological polar surface area (TPSA) is 12.0 Å². The number of nitrogens with one attached hydrogen (secondary N) is 1. The molecule has 1 nitrogen and oxygen atoms in total. The molecule has 222 valence electrons. The summed E-state index contributed by atoms with van der Waals surface area (Å²) < 4.78 is 0. The molecule has 38 heavy (non-hydrogen) atoms. The monoisotopic (exact) mass is 528 g/mol. The van der Waals surface area contributed by atoms with Crippen molar-refractivity contribution in [3.8, 4) is 0 Å². The summed E-state index contributed by atoms with van der Waals surface area (Å²) in [6, 6.07) is 0. The highest BCUT2D eigenvalue weighted by molar-refractivity contribution is 5.09. The summed E-state index contributed by atoms with van der Waals surface area (Å²) in [5.41, 5.74) is 1.35. The highest BCUT2D eigenvalue weighted by Crippen LogP contribution is 2.68. The quantitative estimate of drug-likeness (QED) is 0.185. The Balaban J connectivity index is 1.07. The molecule has 1 heteroatoms. The molecule has 8 atom stereocenters. The van der Waals surface area contributed by atoms with E-state index in [9.17, 15) is 0 Å². The molecule has 0 bridgehead atoms. The summed E-state index contributed by atoms with van der Waals surface area (Å²) in [6.07, 6.45) is 34.2. The predicted molar refractivity (Wildman–Crippen MR) is 168 cm³/mol. The molecule has 0 aromatic carbocycles. The summed E-state index contributed by atoms with van der Waals surface area (Å²) in [5.74, 6) is 6.17. The van der Waals surface area contributed by atoms with Crippen LogP contribution in [0.4, 0.5) is 0 Å². The van der Waals surface area contributed by atoms with Gasteiger partial charge >= 0.3 is 0 Å². The maximum Gasteiger partial charge on any atom is -0.00488 e. The molecular formula is C37H69N. The van der Waals surface area contributed by atoms with Crippen molar-refractivity contribution >= 4 is 0 Å². The van der Waals surface area contributed by atoms with Crippen LogP contribution in [-0.2, 0) is 0 Å². The van der Waals surface area contributed by atoms with Gasteiger partial charge in [0.2, 0.25) is 0 Å². The van der Waals surface area contributed by atoms with Crippen LogP contribution in [0.5, 0.6) is 0 Å². The Kier molecular flexibility index (Phi) is 12.4. The smallest absolute Gasteiger partial charge is 0.00488 e. The molecule has 0 spiro atoms. The second kappa shape index (κ2) is 15.3. The van der Waals surface area contributed by atoms with Gasteiger partial charge in [0.1, 0.15) is 0 Å². The molecule has 4 fully saturated rings. The van der Waals surface area contributed by atoms with Gasteiger partial charge in [-0.15, -0.1) is 0 Å². The molecule has 4 saturated carbocycles. The van der Waals surface area contributed by atoms with Crippen molar-refractivity contribution < 1.29 is 0 Å². The summed E-state index contributed by atoms with van der Waals surface area (Å²) in [7, 11) is 0. The Labute approximate surface area is 239 Å². The van der Waals surface area contributed by atoms with Gasteiger partial charge in [-0.05, 0) is 130 Å². The zero-order chi connectivity index (χ0) is 26.8. The summed E-state index contributed by atoms with van der Waals surface area (Å²) in [4.78, 5) is 0. The first-order chi connectivity index (χ1) is 18.5. The molecule has 0 aromatic heterocycles. The van der Waals surface area contributed by atoms with Crippen LogP contribution in [0.15, 0.2) is 0 Å². The van der Waals surface area contributed by atoms with Gasteiger partial charge in [-0.2, -0.15) is 0 Å². The molecule has 0 saturated heterocycles. The van der Waals surface area contributed by atoms with Crippen molar-refractivity contribution in [3.63, 3.8) is 0 Å². The van der Waals surface area contributed by atoms with Crippen LogP contribution in [0.2, 0.25) is 0 Å². The fourth-order valence-corrected chi connectivity index (χ4v) is 11.1. The lowest BCUT2D eigenvalue weighted by molar-refractivity contribution is -0.114. The Morgan fingerprint density at radius 1 is 0.632 bits per heavy atom. The maximum atomic E-state index is 3.80. The van der Waals surface area contributed by atoms with Gasteiger partial charge in [0.05, 0.1) is 0 Å². The van der Waals surface area contributed by atoms with E-state index in [2.05, 4.69) is 33.0 Å². The van der Waals surface area contributed by atoms with Crippen LogP contribution in [0.1, 0.15) is 175 Å². The number of hydrogen-bond acceptors (Lipinski definition) is 1. The molecule has 0 aliphatic heterocycles. The van der Waals surface area contributed by atoms with Gasteiger partial charge < -0.3 is 5.32 Å². The van der Waals surface area contributed by atoms with Crippen molar-refractivity contribution in [1.29, 1.82) is 0 Å². The predicted octanol–water partition coefficient (Wildman–Crippen LogP) is 11.4. The maximum absolute atomic E-state index is 3.80. The highest BCUT2D eigenvalue weighted by atomic mass is 14.8. The van der Waals surface area contributed by atoms with E-state index in [4.69, 9.17) is 0 Å². The lowest BCUT2D eigenvalue weighted by Gasteiger charge is -2.61. The Morgan fingerprint density at radius 2 is 1.29 bits per heavy atom. The molecule has 0 amide bonds. The minimum absolute atomic E-state index is 0.654. The van der Waals surface area contributed by atoms with E-state index in [1.807, 2.05) is 0 Å². The third kappa shape index (κ3) is 7.42. The van der Waals surface area contributed by atoms with Crippen molar-refractivity contribution in [1.82, 2.24) is 5.32 Å². The molecule has 7 unspecified atom stereocenters. The van der Waals surface area contributed by atoms with E-state index < -0.39 is 0 Å². The zero-order valence-electron chi connectivity index (χ0n) is 26.6. The fraction of sp³-hybridized carbons (Fsp3) is 1.00. The van der Waals surface area contributed by atoms with Gasteiger partial charge in [-0.3, -0.25) is 0 Å². The SMILES string of the molecule is CCCCCCCCCCCCCNCCC[C@@H](C)C1CCC2C3CCC4CCCCC4(C)C3CCC21C. The summed E-state index contributed by atoms with van der Waals surface area (Å²) >= 11 is 0. The van der Waals surface area contributed by atoms with E-state index in [1.165, 1.54) is 116 Å². The molecule has 1 N–H and O–H groups in total. The average molecular weight is 528 g/mol. The van der Waals surface area contributed by atoms with E-state index in [1.54, 1.807) is 44.9 Å². The molecule has 0 heterocycles. The first-order valence-corrected chi connectivity index (χ1v) is 18.2. The number of hydrogen-bond donors (Lipinski definition) is 1. The Hall–Kier alpha value is -0.0400. The van der Waals surface area contributed by atoms with Crippen molar-refractivity contribution in [2.24, 2.45) is 46.3 Å². The first kappa shape index (κ1) is 30.9. The summed E-state index contributed by atoms with van der Waals surface area (Å²) in [5, 5.41) is 3.80. The van der Waals surface area contributed by atoms with Gasteiger partial charge in [0.15, 0.2) is 0 Å². The van der Waals surface area contributed by atoms with E-state index >= 15 is 0 Å². The minimum Gasteiger partial charge on any atom is -0.317 e. The molecule has 0 radical (unpaired) electrons. The van der Waals surface area contributed by atoms with Crippen molar-refractivity contribution in [3.05, 3.63) is 0 Å². The van der Waals surface area contributed by atoms with Crippen molar-refractivity contribution in [2.45, 2.75) is 175 Å². The molecular weight excluding hydrogens is 458 g/mol. The van der Waals surface area contributed by atoms with Crippen LogP contribution < -0.4 is 5.32 Å². The largest absolute Gasteiger partial charge is 0.317 e. The third-order valence-corrected chi connectivity index (χ3v) is 13.3. The van der Waals surface area contributed by atoms with Gasteiger partial charge in [0, 0.05) is 0 Å². The van der Waals surface area contributed by atoms with E-state index in [0.717, 1.165) is 35.5 Å². The van der Waals surface area contributed by atoms with Gasteiger partial charge in [0.25, 0.3) is 0 Å². The van der Waals surface area contributed by atoms with Gasteiger partial charge in [-0.25, -0.2) is 0 Å². The van der Waals surface area contributed by atoms with E-state index in [-0.39, 0.29) is 0 Å². The standard InChI is InChI=1S/C37H69N/c1-5-6-7-8-9-10-11-12-13-14-17-28-38-29-18-19-30(2)33-23-24-34-32-22-21-31-20-15-16-26-36(31,3)35(32)25-27-37(33,34)4/h30-35,38H,5-29H2,1-4H3/t30-,31?,32?,33?,34?,35?,36?,37?/m1/s1. The van der Waals surface area contributed by atoms with E-state index in [0.29, 0.717) is 10.8 Å². The lowest BCUT2D eigenvalue weighted by Crippen LogP contribution is -2.53. The normalized spacial score (nSPS) is 37.4. The van der Waals surface area contributed by atoms with Crippen LogP contribution >= 0.6 is 0 Å². The van der Waals surface area contributed by atoms with Crippen LogP contribution in [0.3, 0.4) is 0 Å². The number of fused-ring (bicyclic) bond motifs is 5. The van der Waals surface area contributed by atoms with Crippen molar-refractivity contribution in [2.75, 3.05) is 13.1 Å². The molecule has 4 rings (SSSR count).